The number of allylic oxidation sites excluding steroid dienone is 1. The molecule has 0 saturated heterocycles. The molecule has 0 aliphatic rings. The molecular formula is C6H11Cl2N. The van der Waals surface area contributed by atoms with Gasteiger partial charge >= 0.3 is 0 Å². The Bertz CT molecular complexity index is 99.2. The number of hydrogen-bond donors (Lipinski definition) is 1. The van der Waals surface area contributed by atoms with Crippen molar-refractivity contribution in [2.45, 2.75) is 12.3 Å². The fraction of sp³-hybridized carbons (Fsp3) is 0.667. The molecule has 0 fully saturated rings. The van der Waals surface area contributed by atoms with Gasteiger partial charge in [-0.1, -0.05) is 17.7 Å². The lowest BCUT2D eigenvalue weighted by atomic mass is 10.4. The van der Waals surface area contributed by atoms with Gasteiger partial charge in [0.05, 0.1) is 5.38 Å². The van der Waals surface area contributed by atoms with E-state index in [2.05, 4.69) is 5.32 Å². The minimum Gasteiger partial charge on any atom is -0.316 e. The third kappa shape index (κ3) is 4.76. The largest absolute Gasteiger partial charge is 0.316 e. The van der Waals surface area contributed by atoms with Crippen LogP contribution in [0.15, 0.2) is 11.1 Å². The van der Waals surface area contributed by atoms with Crippen LogP contribution in [0, 0.1) is 0 Å². The van der Waals surface area contributed by atoms with Gasteiger partial charge in [0.1, 0.15) is 0 Å². The smallest absolute Gasteiger partial charge is 0.0661 e. The minimum absolute atomic E-state index is 0.0694. The lowest BCUT2D eigenvalue weighted by molar-refractivity contribution is 0.913. The maximum Gasteiger partial charge on any atom is 0.0661 e. The molecule has 0 aromatic carbocycles. The number of hydrogen-bond acceptors (Lipinski definition) is 1. The van der Waals surface area contributed by atoms with Gasteiger partial charge in [0.2, 0.25) is 0 Å². The van der Waals surface area contributed by atoms with E-state index in [1.165, 1.54) is 0 Å². The van der Waals surface area contributed by atoms with E-state index in [0.29, 0.717) is 5.03 Å². The zero-order chi connectivity index (χ0) is 7.28. The molecule has 1 unspecified atom stereocenters. The van der Waals surface area contributed by atoms with Gasteiger partial charge in [-0.3, -0.25) is 0 Å². The van der Waals surface area contributed by atoms with Crippen molar-refractivity contribution >= 4 is 23.2 Å². The van der Waals surface area contributed by atoms with Gasteiger partial charge in [-0.2, -0.15) is 0 Å². The second-order valence-electron chi connectivity index (χ2n) is 1.76. The van der Waals surface area contributed by atoms with Gasteiger partial charge in [-0.05, 0) is 14.0 Å². The Hall–Kier alpha value is 0.280. The summed E-state index contributed by atoms with van der Waals surface area (Å²) >= 11 is 11.3. The Labute approximate surface area is 66.0 Å². The lowest BCUT2D eigenvalue weighted by Gasteiger charge is -1.98. The molecule has 3 heteroatoms. The number of rotatable bonds is 3. The molecule has 1 N–H and O–H groups in total. The number of nitrogens with one attached hydrogen (secondary N) is 1. The monoisotopic (exact) mass is 167 g/mol. The summed E-state index contributed by atoms with van der Waals surface area (Å²) in [7, 11) is 1.86. The highest BCUT2D eigenvalue weighted by Gasteiger charge is 1.98. The van der Waals surface area contributed by atoms with Crippen molar-refractivity contribution in [2.75, 3.05) is 13.6 Å². The van der Waals surface area contributed by atoms with Crippen LogP contribution in [0.25, 0.3) is 0 Å². The predicted octanol–water partition coefficient (Wildman–Crippen LogP) is 1.96. The van der Waals surface area contributed by atoms with Crippen molar-refractivity contribution in [3.8, 4) is 0 Å². The first-order valence-corrected chi connectivity index (χ1v) is 3.64. The van der Waals surface area contributed by atoms with Crippen molar-refractivity contribution in [3.63, 3.8) is 0 Å². The van der Waals surface area contributed by atoms with Crippen molar-refractivity contribution in [2.24, 2.45) is 0 Å². The molecule has 0 aromatic heterocycles. The van der Waals surface area contributed by atoms with Gasteiger partial charge in [0.25, 0.3) is 0 Å². The fourth-order valence-electron chi connectivity index (χ4n) is 0.362. The number of alkyl halides is 1. The summed E-state index contributed by atoms with van der Waals surface area (Å²) in [5.74, 6) is 0. The predicted molar refractivity (Wildman–Crippen MR) is 43.2 cm³/mol. The Morgan fingerprint density at radius 1 is 1.78 bits per heavy atom. The molecule has 0 aliphatic carbocycles. The van der Waals surface area contributed by atoms with Gasteiger partial charge in [-0.25, -0.2) is 0 Å². The zero-order valence-corrected chi connectivity index (χ0v) is 7.13. The first-order chi connectivity index (χ1) is 4.18. The first-order valence-electron chi connectivity index (χ1n) is 2.82. The van der Waals surface area contributed by atoms with Crippen LogP contribution in [0.2, 0.25) is 0 Å². The summed E-state index contributed by atoms with van der Waals surface area (Å²) in [6, 6.07) is 0. The Morgan fingerprint density at radius 3 is 2.67 bits per heavy atom. The molecule has 0 radical (unpaired) electrons. The van der Waals surface area contributed by atoms with Crippen LogP contribution in [-0.4, -0.2) is 19.0 Å². The summed E-state index contributed by atoms with van der Waals surface area (Å²) in [4.78, 5) is 0. The fourth-order valence-corrected chi connectivity index (χ4v) is 0.528. The molecule has 1 atom stereocenters. The number of halogens is 2. The highest BCUT2D eigenvalue weighted by molar-refractivity contribution is 6.37. The maximum absolute atomic E-state index is 5.68. The van der Waals surface area contributed by atoms with E-state index >= 15 is 0 Å². The van der Waals surface area contributed by atoms with E-state index in [1.807, 2.05) is 20.0 Å². The molecular weight excluding hydrogens is 157 g/mol. The van der Waals surface area contributed by atoms with E-state index in [-0.39, 0.29) is 5.38 Å². The second kappa shape index (κ2) is 5.10. The molecule has 0 aliphatic heterocycles. The third-order valence-electron chi connectivity index (χ3n) is 0.881. The lowest BCUT2D eigenvalue weighted by Crippen LogP contribution is -2.05. The first kappa shape index (κ1) is 9.28. The van der Waals surface area contributed by atoms with Crippen LogP contribution in [-0.2, 0) is 0 Å². The Balaban J connectivity index is 3.55. The molecule has 0 aromatic rings. The van der Waals surface area contributed by atoms with E-state index in [9.17, 15) is 0 Å². The molecule has 0 heterocycles. The normalized spacial score (nSPS) is 15.8. The van der Waals surface area contributed by atoms with Crippen molar-refractivity contribution in [1.29, 1.82) is 0 Å². The summed E-state index contributed by atoms with van der Waals surface area (Å²) in [5.41, 5.74) is 0. The van der Waals surface area contributed by atoms with Gasteiger partial charge in [0, 0.05) is 11.6 Å². The van der Waals surface area contributed by atoms with E-state index in [1.54, 1.807) is 0 Å². The van der Waals surface area contributed by atoms with Gasteiger partial charge in [-0.15, -0.1) is 11.6 Å². The van der Waals surface area contributed by atoms with Crippen LogP contribution in [0.4, 0.5) is 0 Å². The van der Waals surface area contributed by atoms with Crippen molar-refractivity contribution in [3.05, 3.63) is 11.1 Å². The molecule has 9 heavy (non-hydrogen) atoms. The Morgan fingerprint density at radius 2 is 2.33 bits per heavy atom. The van der Waals surface area contributed by atoms with Gasteiger partial charge < -0.3 is 5.32 Å². The quantitative estimate of drug-likeness (QED) is 0.635. The van der Waals surface area contributed by atoms with Crippen LogP contribution in [0.1, 0.15) is 6.92 Å². The Kier molecular flexibility index (Phi) is 5.25. The maximum atomic E-state index is 5.68. The summed E-state index contributed by atoms with van der Waals surface area (Å²) < 4.78 is 0. The van der Waals surface area contributed by atoms with Gasteiger partial charge in [0.15, 0.2) is 0 Å². The van der Waals surface area contributed by atoms with Crippen LogP contribution in [0.3, 0.4) is 0 Å². The van der Waals surface area contributed by atoms with Crippen molar-refractivity contribution in [1.82, 2.24) is 5.32 Å². The van der Waals surface area contributed by atoms with Crippen LogP contribution >= 0.6 is 23.2 Å². The summed E-state index contributed by atoms with van der Waals surface area (Å²) in [5, 5.41) is 3.56. The molecule has 0 amide bonds. The molecule has 54 valence electrons. The third-order valence-corrected chi connectivity index (χ3v) is 1.71. The highest BCUT2D eigenvalue weighted by atomic mass is 35.5. The number of likely N-dealkylation sites (N-methyl/N-ethyl adjacent to an activating group) is 1. The minimum atomic E-state index is -0.0694. The highest BCUT2D eigenvalue weighted by Crippen LogP contribution is 2.12. The van der Waals surface area contributed by atoms with E-state index < -0.39 is 0 Å². The van der Waals surface area contributed by atoms with Crippen molar-refractivity contribution < 1.29 is 0 Å². The standard InChI is InChI=1S/C6H11Cl2N/c1-5(7)6(8)3-4-9-2/h3,5,9H,4H2,1-2H3/b6-3+. The van der Waals surface area contributed by atoms with Crippen LogP contribution in [0.5, 0.6) is 0 Å². The molecule has 0 spiro atoms. The topological polar surface area (TPSA) is 12.0 Å². The van der Waals surface area contributed by atoms with E-state index in [4.69, 9.17) is 23.2 Å². The SMILES string of the molecule is CNC/C=C(/Cl)C(C)Cl. The molecule has 0 bridgehead atoms. The molecule has 0 saturated carbocycles. The summed E-state index contributed by atoms with van der Waals surface area (Å²) in [6.45, 7) is 2.62. The average molecular weight is 168 g/mol. The van der Waals surface area contributed by atoms with E-state index in [0.717, 1.165) is 6.54 Å². The zero-order valence-electron chi connectivity index (χ0n) is 5.62. The summed E-state index contributed by atoms with van der Waals surface area (Å²) in [6.07, 6.45) is 1.86. The average Bonchev–Trinajstić information content (AvgIpc) is 1.82. The molecule has 1 nitrogen and oxygen atoms in total. The van der Waals surface area contributed by atoms with Crippen LogP contribution < -0.4 is 5.32 Å². The molecule has 0 rings (SSSR count). The second-order valence-corrected chi connectivity index (χ2v) is 2.85.